The van der Waals surface area contributed by atoms with E-state index in [9.17, 15) is 9.90 Å². The van der Waals surface area contributed by atoms with Crippen molar-refractivity contribution in [2.75, 3.05) is 18.5 Å². The zero-order chi connectivity index (χ0) is 19.7. The van der Waals surface area contributed by atoms with Gasteiger partial charge in [0.15, 0.2) is 18.6 Å². The van der Waals surface area contributed by atoms with Gasteiger partial charge in [-0.1, -0.05) is 47.7 Å². The van der Waals surface area contributed by atoms with Crippen molar-refractivity contribution in [3.05, 3.63) is 34.6 Å². The molecule has 1 atom stereocenters. The van der Waals surface area contributed by atoms with Crippen LogP contribution in [-0.4, -0.2) is 50.6 Å². The van der Waals surface area contributed by atoms with E-state index in [1.54, 1.807) is 24.4 Å². The van der Waals surface area contributed by atoms with Gasteiger partial charge in [0, 0.05) is 5.02 Å². The number of aromatic nitrogens is 3. The third-order valence-electron chi connectivity index (χ3n) is 5.01. The molecule has 2 fully saturated rings. The van der Waals surface area contributed by atoms with E-state index < -0.39 is 12.0 Å². The Hall–Kier alpha value is -1.91. The SMILES string of the molecule is O=C(O)C(CC1CCC1)N1CON(c2cc(Cl)ccc2-n2cc(Cl)nn2)CO1. The lowest BCUT2D eigenvalue weighted by atomic mass is 9.81. The monoisotopic (exact) mass is 427 g/mol. The van der Waals surface area contributed by atoms with E-state index in [1.165, 1.54) is 14.8 Å². The van der Waals surface area contributed by atoms with Crippen LogP contribution in [-0.2, 0) is 14.5 Å². The summed E-state index contributed by atoms with van der Waals surface area (Å²) in [4.78, 5) is 23.2. The van der Waals surface area contributed by atoms with Crippen molar-refractivity contribution in [3.8, 4) is 5.69 Å². The molecule has 2 heterocycles. The second-order valence-electron chi connectivity index (χ2n) is 6.82. The molecule has 2 aromatic rings. The summed E-state index contributed by atoms with van der Waals surface area (Å²) in [5.41, 5.74) is 1.24. The quantitative estimate of drug-likeness (QED) is 0.751. The minimum absolute atomic E-state index is 0.00418. The van der Waals surface area contributed by atoms with Gasteiger partial charge in [-0.15, -0.1) is 10.2 Å². The fraction of sp³-hybridized carbons (Fsp3) is 0.471. The zero-order valence-corrected chi connectivity index (χ0v) is 16.4. The van der Waals surface area contributed by atoms with Crippen LogP contribution in [0.5, 0.6) is 0 Å². The second kappa shape index (κ2) is 8.22. The van der Waals surface area contributed by atoms with Crippen molar-refractivity contribution in [2.45, 2.75) is 31.7 Å². The summed E-state index contributed by atoms with van der Waals surface area (Å²) >= 11 is 12.0. The van der Waals surface area contributed by atoms with Crippen LogP contribution >= 0.6 is 23.2 Å². The van der Waals surface area contributed by atoms with Gasteiger partial charge in [0.05, 0.1) is 17.6 Å². The van der Waals surface area contributed by atoms with Crippen molar-refractivity contribution in [3.63, 3.8) is 0 Å². The number of benzene rings is 1. The molecule has 28 heavy (non-hydrogen) atoms. The van der Waals surface area contributed by atoms with Crippen LogP contribution in [0.3, 0.4) is 0 Å². The molecule has 0 amide bonds. The Balaban J connectivity index is 1.49. The molecule has 1 unspecified atom stereocenters. The number of anilines is 1. The molecule has 1 saturated heterocycles. The van der Waals surface area contributed by atoms with E-state index in [1.807, 2.05) is 0 Å². The minimum Gasteiger partial charge on any atom is -0.480 e. The third kappa shape index (κ3) is 4.08. The molecule has 11 heteroatoms. The average Bonchev–Trinajstić information content (AvgIpc) is 3.07. The number of aliphatic carboxylic acids is 1. The summed E-state index contributed by atoms with van der Waals surface area (Å²) in [6.07, 6.45) is 5.41. The molecule has 0 bridgehead atoms. The summed E-state index contributed by atoms with van der Waals surface area (Å²) in [5.74, 6) is -0.482. The van der Waals surface area contributed by atoms with Crippen LogP contribution in [0.2, 0.25) is 10.2 Å². The number of rotatable bonds is 6. The number of nitrogens with zero attached hydrogens (tertiary/aromatic N) is 5. The highest BCUT2D eigenvalue weighted by Crippen LogP contribution is 2.33. The molecule has 9 nitrogen and oxygen atoms in total. The molecule has 4 rings (SSSR count). The number of carboxylic acid groups (broad SMARTS) is 1. The molecular formula is C17H19Cl2N5O4. The summed E-state index contributed by atoms with van der Waals surface area (Å²) in [5, 5.41) is 20.9. The fourth-order valence-electron chi connectivity index (χ4n) is 3.28. The van der Waals surface area contributed by atoms with Crippen LogP contribution in [0.25, 0.3) is 5.69 Å². The van der Waals surface area contributed by atoms with Gasteiger partial charge in [0.25, 0.3) is 0 Å². The first-order chi connectivity index (χ1) is 13.5. The number of halogens is 2. The summed E-state index contributed by atoms with van der Waals surface area (Å²) < 4.78 is 1.50. The first-order valence-electron chi connectivity index (χ1n) is 8.92. The Morgan fingerprint density at radius 2 is 2.07 bits per heavy atom. The molecule has 1 aliphatic heterocycles. The van der Waals surface area contributed by atoms with Gasteiger partial charge in [0.1, 0.15) is 6.04 Å². The molecular weight excluding hydrogens is 409 g/mol. The van der Waals surface area contributed by atoms with E-state index in [0.29, 0.717) is 28.7 Å². The van der Waals surface area contributed by atoms with Gasteiger partial charge in [-0.25, -0.2) is 9.75 Å². The maximum Gasteiger partial charge on any atom is 0.323 e. The molecule has 1 aromatic heterocycles. The predicted octanol–water partition coefficient (Wildman–Crippen LogP) is 3.12. The van der Waals surface area contributed by atoms with Gasteiger partial charge >= 0.3 is 5.97 Å². The summed E-state index contributed by atoms with van der Waals surface area (Å²) in [6, 6.07) is 4.44. The molecule has 0 spiro atoms. The van der Waals surface area contributed by atoms with Gasteiger partial charge in [-0.2, -0.15) is 0 Å². The van der Waals surface area contributed by atoms with Crippen LogP contribution in [0.1, 0.15) is 25.7 Å². The van der Waals surface area contributed by atoms with Crippen LogP contribution in [0.15, 0.2) is 24.4 Å². The third-order valence-corrected chi connectivity index (χ3v) is 5.42. The zero-order valence-electron chi connectivity index (χ0n) is 14.9. The Kier molecular flexibility index (Phi) is 5.70. The number of hydroxylamine groups is 3. The molecule has 1 aromatic carbocycles. The highest BCUT2D eigenvalue weighted by Gasteiger charge is 2.35. The largest absolute Gasteiger partial charge is 0.480 e. The van der Waals surface area contributed by atoms with E-state index in [4.69, 9.17) is 32.9 Å². The highest BCUT2D eigenvalue weighted by molar-refractivity contribution is 6.31. The molecule has 1 saturated carbocycles. The van der Waals surface area contributed by atoms with Gasteiger partial charge in [-0.05, 0) is 30.5 Å². The maximum absolute atomic E-state index is 11.7. The predicted molar refractivity (Wildman–Crippen MR) is 101 cm³/mol. The first kappa shape index (κ1) is 19.4. The van der Waals surface area contributed by atoms with Crippen molar-refractivity contribution >= 4 is 34.9 Å². The van der Waals surface area contributed by atoms with E-state index >= 15 is 0 Å². The topological polar surface area (TPSA) is 93.0 Å². The molecule has 1 aliphatic carbocycles. The van der Waals surface area contributed by atoms with Crippen molar-refractivity contribution in [1.29, 1.82) is 0 Å². The summed E-state index contributed by atoms with van der Waals surface area (Å²) in [7, 11) is 0. The number of carboxylic acids is 1. The van der Waals surface area contributed by atoms with E-state index in [0.717, 1.165) is 19.3 Å². The second-order valence-corrected chi connectivity index (χ2v) is 7.64. The lowest BCUT2D eigenvalue weighted by Crippen LogP contribution is -2.51. The van der Waals surface area contributed by atoms with Crippen LogP contribution in [0.4, 0.5) is 5.69 Å². The highest BCUT2D eigenvalue weighted by atomic mass is 35.5. The van der Waals surface area contributed by atoms with Gasteiger partial charge < -0.3 is 5.11 Å². The smallest absolute Gasteiger partial charge is 0.323 e. The minimum atomic E-state index is -0.912. The standard InChI is InChI=1S/C17H19Cl2N5O4/c18-12-4-5-13(22-8-16(19)20-21-22)14(7-12)23-9-28-24(10-27-23)15(17(25)26)6-11-2-1-3-11/h4-5,7-8,11,15H,1-3,6,9-10H2,(H,25,26). The molecule has 0 radical (unpaired) electrons. The number of hydrogen-bond donors (Lipinski definition) is 1. The lowest BCUT2D eigenvalue weighted by Gasteiger charge is -2.39. The van der Waals surface area contributed by atoms with Crippen molar-refractivity contribution in [2.24, 2.45) is 5.92 Å². The van der Waals surface area contributed by atoms with Crippen molar-refractivity contribution in [1.82, 2.24) is 20.1 Å². The normalized spacial score (nSPS) is 19.4. The van der Waals surface area contributed by atoms with E-state index in [-0.39, 0.29) is 18.6 Å². The first-order valence-corrected chi connectivity index (χ1v) is 9.67. The van der Waals surface area contributed by atoms with E-state index in [2.05, 4.69) is 10.3 Å². The summed E-state index contributed by atoms with van der Waals surface area (Å²) in [6.45, 7) is -0.0159. The Morgan fingerprint density at radius 3 is 2.64 bits per heavy atom. The molecule has 1 N–H and O–H groups in total. The Morgan fingerprint density at radius 1 is 1.25 bits per heavy atom. The van der Waals surface area contributed by atoms with Gasteiger partial charge in [-0.3, -0.25) is 14.5 Å². The number of carbonyl (C=O) groups is 1. The molecule has 150 valence electrons. The van der Waals surface area contributed by atoms with Crippen molar-refractivity contribution < 1.29 is 19.6 Å². The lowest BCUT2D eigenvalue weighted by molar-refractivity contribution is -0.284. The Labute approximate surface area is 171 Å². The van der Waals surface area contributed by atoms with Crippen LogP contribution in [0, 0.1) is 5.92 Å². The Bertz CT molecular complexity index is 852. The van der Waals surface area contributed by atoms with Crippen LogP contribution < -0.4 is 5.06 Å². The average molecular weight is 428 g/mol. The molecule has 2 aliphatic rings. The number of hydrogen-bond acceptors (Lipinski definition) is 7. The van der Waals surface area contributed by atoms with Gasteiger partial charge in [0.2, 0.25) is 0 Å². The fourth-order valence-corrected chi connectivity index (χ4v) is 3.58. The maximum atomic E-state index is 11.7.